The molecule has 1 unspecified atom stereocenters. The maximum atomic E-state index is 11.8. The summed E-state index contributed by atoms with van der Waals surface area (Å²) in [6.45, 7) is 0. The van der Waals surface area contributed by atoms with Gasteiger partial charge in [0.15, 0.2) is 6.04 Å². The highest BCUT2D eigenvalue weighted by Crippen LogP contribution is 2.27. The number of carbonyl (C=O) groups is 2. The first-order valence-electron chi connectivity index (χ1n) is 5.25. The molecule has 0 amide bonds. The van der Waals surface area contributed by atoms with Crippen LogP contribution in [-0.4, -0.2) is 38.0 Å². The van der Waals surface area contributed by atoms with Crippen molar-refractivity contribution in [2.24, 2.45) is 10.1 Å². The third-order valence-corrected chi connectivity index (χ3v) is 4.22. The van der Waals surface area contributed by atoms with Crippen LogP contribution in [0.2, 0.25) is 0 Å². The normalized spacial score (nSPS) is 12.3. The molecular weight excluding hydrogens is 283 g/mol. The van der Waals surface area contributed by atoms with E-state index in [9.17, 15) is 9.59 Å². The van der Waals surface area contributed by atoms with Crippen molar-refractivity contribution >= 4 is 40.7 Å². The minimum Gasteiger partial charge on any atom is -0.467 e. The molecule has 0 saturated heterocycles. The average molecular weight is 294 g/mol. The van der Waals surface area contributed by atoms with Crippen molar-refractivity contribution in [1.29, 1.82) is 0 Å². The predicted molar refractivity (Wildman–Crippen MR) is 77.2 cm³/mol. The number of carbonyl (C=O) groups excluding carboxylic acids is 2. The summed E-state index contributed by atoms with van der Waals surface area (Å²) in [5, 5.41) is 6.54. The van der Waals surface area contributed by atoms with Gasteiger partial charge in [-0.25, -0.2) is 4.79 Å². The second kappa shape index (κ2) is 8.76. The Morgan fingerprint density at radius 1 is 1.37 bits per heavy atom. The van der Waals surface area contributed by atoms with E-state index in [0.717, 1.165) is 10.8 Å². The van der Waals surface area contributed by atoms with Crippen LogP contribution in [-0.2, 0) is 9.53 Å². The Hall–Kier alpha value is -1.28. The Kier molecular flexibility index (Phi) is 7.28. The van der Waals surface area contributed by atoms with Crippen molar-refractivity contribution in [2.75, 3.05) is 12.9 Å². The lowest BCUT2D eigenvalue weighted by Gasteiger charge is -2.07. The summed E-state index contributed by atoms with van der Waals surface area (Å²) in [5.74, 6) is -0.272. The van der Waals surface area contributed by atoms with Crippen LogP contribution in [0.25, 0.3) is 0 Å². The van der Waals surface area contributed by atoms with E-state index in [2.05, 4.69) is 14.9 Å². The molecule has 0 heterocycles. The topological polar surface area (TPSA) is 68.1 Å². The highest BCUT2D eigenvalue weighted by atomic mass is 33.1. The Balaban J connectivity index is 2.44. The van der Waals surface area contributed by atoms with Gasteiger partial charge in [0.25, 0.3) is 7.98 Å². The SMILES string of the molecule is [B]N=NC(CSSC(=O)c1ccccc1)C(=O)OC. The van der Waals surface area contributed by atoms with Crippen molar-refractivity contribution in [3.63, 3.8) is 0 Å². The van der Waals surface area contributed by atoms with E-state index in [1.165, 1.54) is 17.9 Å². The quantitative estimate of drug-likeness (QED) is 0.348. The summed E-state index contributed by atoms with van der Waals surface area (Å²) in [6, 6.07) is 8.08. The molecule has 0 fully saturated rings. The van der Waals surface area contributed by atoms with E-state index in [1.807, 2.05) is 6.07 Å². The van der Waals surface area contributed by atoms with Crippen molar-refractivity contribution in [2.45, 2.75) is 6.04 Å². The van der Waals surface area contributed by atoms with Crippen molar-refractivity contribution < 1.29 is 14.3 Å². The minimum absolute atomic E-state index is 0.0843. The Bertz CT molecular complexity index is 457. The molecule has 2 radical (unpaired) electrons. The van der Waals surface area contributed by atoms with Crippen LogP contribution in [0.1, 0.15) is 10.4 Å². The molecule has 0 aliphatic rings. The predicted octanol–water partition coefficient (Wildman–Crippen LogP) is 2.29. The number of benzene rings is 1. The van der Waals surface area contributed by atoms with Gasteiger partial charge in [-0.1, -0.05) is 41.1 Å². The molecule has 0 aromatic heterocycles. The summed E-state index contributed by atoms with van der Waals surface area (Å²) in [4.78, 5) is 23.1. The number of hydrogen-bond donors (Lipinski definition) is 0. The highest BCUT2D eigenvalue weighted by Gasteiger charge is 2.19. The van der Waals surface area contributed by atoms with E-state index < -0.39 is 12.0 Å². The van der Waals surface area contributed by atoms with E-state index >= 15 is 0 Å². The molecule has 0 bridgehead atoms. The monoisotopic (exact) mass is 294 g/mol. The van der Waals surface area contributed by atoms with Gasteiger partial charge in [0.2, 0.25) is 5.12 Å². The molecule has 19 heavy (non-hydrogen) atoms. The number of hydrogen-bond acceptors (Lipinski definition) is 7. The lowest BCUT2D eigenvalue weighted by atomic mass is 10.2. The first-order chi connectivity index (χ1) is 9.19. The molecular formula is C11H11BN2O3S2. The maximum Gasteiger partial charge on any atom is 0.333 e. The average Bonchev–Trinajstić information content (AvgIpc) is 2.46. The molecule has 0 spiro atoms. The maximum absolute atomic E-state index is 11.8. The molecule has 1 atom stereocenters. The van der Waals surface area contributed by atoms with E-state index in [-0.39, 0.29) is 10.9 Å². The standard InChI is InChI=1S/C11H11BN2O3S2/c1-17-10(15)9(13-14-12)7-18-19-11(16)8-5-3-2-4-6-8/h2-6,9H,7H2,1H3. The van der Waals surface area contributed by atoms with Gasteiger partial charge >= 0.3 is 5.97 Å². The van der Waals surface area contributed by atoms with Crippen molar-refractivity contribution in [3.8, 4) is 0 Å². The molecule has 1 rings (SSSR count). The zero-order chi connectivity index (χ0) is 14.1. The zero-order valence-electron chi connectivity index (χ0n) is 10.2. The number of esters is 1. The summed E-state index contributed by atoms with van der Waals surface area (Å²) < 4.78 is 4.55. The Morgan fingerprint density at radius 2 is 2.05 bits per heavy atom. The third-order valence-electron chi connectivity index (χ3n) is 2.05. The van der Waals surface area contributed by atoms with Crippen LogP contribution in [0.15, 0.2) is 40.5 Å². The smallest absolute Gasteiger partial charge is 0.333 e. The largest absolute Gasteiger partial charge is 0.467 e. The van der Waals surface area contributed by atoms with Crippen molar-refractivity contribution in [1.82, 2.24) is 0 Å². The summed E-state index contributed by atoms with van der Waals surface area (Å²) in [5.41, 5.74) is 0.607. The van der Waals surface area contributed by atoms with Crippen LogP contribution in [0.4, 0.5) is 0 Å². The highest BCUT2D eigenvalue weighted by molar-refractivity contribution is 8.82. The van der Waals surface area contributed by atoms with Crippen LogP contribution in [0.3, 0.4) is 0 Å². The van der Waals surface area contributed by atoms with Crippen LogP contribution in [0, 0.1) is 0 Å². The summed E-state index contributed by atoms with van der Waals surface area (Å²) >= 11 is 0. The van der Waals surface area contributed by atoms with Crippen molar-refractivity contribution in [3.05, 3.63) is 35.9 Å². The molecule has 0 N–H and O–H groups in total. The lowest BCUT2D eigenvalue weighted by Crippen LogP contribution is -2.22. The second-order valence-corrected chi connectivity index (χ2v) is 5.60. The van der Waals surface area contributed by atoms with E-state index in [4.69, 9.17) is 7.98 Å². The third kappa shape index (κ3) is 5.48. The minimum atomic E-state index is -0.795. The molecule has 0 aliphatic carbocycles. The summed E-state index contributed by atoms with van der Waals surface area (Å²) in [6.07, 6.45) is 0. The Labute approximate surface area is 120 Å². The number of rotatable bonds is 6. The first-order valence-corrected chi connectivity index (χ1v) is 7.57. The lowest BCUT2D eigenvalue weighted by molar-refractivity contribution is -0.141. The van der Waals surface area contributed by atoms with E-state index in [0.29, 0.717) is 5.56 Å². The molecule has 0 aliphatic heterocycles. The molecule has 0 saturated carbocycles. The fraction of sp³-hybridized carbons (Fsp3) is 0.273. The van der Waals surface area contributed by atoms with Crippen LogP contribution in [0.5, 0.6) is 0 Å². The van der Waals surface area contributed by atoms with Crippen LogP contribution >= 0.6 is 21.6 Å². The summed E-state index contributed by atoms with van der Waals surface area (Å²) in [7, 11) is 8.41. The van der Waals surface area contributed by atoms with Gasteiger partial charge in [0.1, 0.15) is 0 Å². The van der Waals surface area contributed by atoms with Gasteiger partial charge in [-0.05, 0) is 10.8 Å². The number of nitrogens with zero attached hydrogens (tertiary/aromatic N) is 2. The van der Waals surface area contributed by atoms with Gasteiger partial charge < -0.3 is 4.74 Å². The van der Waals surface area contributed by atoms with Gasteiger partial charge in [-0.3, -0.25) is 9.82 Å². The van der Waals surface area contributed by atoms with Gasteiger partial charge in [-0.15, -0.1) is 0 Å². The molecule has 1 aromatic rings. The van der Waals surface area contributed by atoms with Gasteiger partial charge in [0, 0.05) is 11.3 Å². The second-order valence-electron chi connectivity index (χ2n) is 3.29. The zero-order valence-corrected chi connectivity index (χ0v) is 11.8. The van der Waals surface area contributed by atoms with Gasteiger partial charge in [0.05, 0.1) is 7.11 Å². The molecule has 5 nitrogen and oxygen atoms in total. The Morgan fingerprint density at radius 3 is 2.63 bits per heavy atom. The number of ether oxygens (including phenoxy) is 1. The van der Waals surface area contributed by atoms with Crippen LogP contribution < -0.4 is 0 Å². The van der Waals surface area contributed by atoms with E-state index in [1.54, 1.807) is 24.3 Å². The fourth-order valence-corrected chi connectivity index (χ4v) is 3.08. The van der Waals surface area contributed by atoms with Gasteiger partial charge in [-0.2, -0.15) is 5.11 Å². The number of methoxy groups -OCH3 is 1. The molecule has 98 valence electrons. The molecule has 1 aromatic carbocycles. The fourth-order valence-electron chi connectivity index (χ4n) is 1.14. The molecule has 8 heteroatoms. The first kappa shape index (κ1) is 15.8.